The van der Waals surface area contributed by atoms with Crippen LogP contribution in [0.15, 0.2) is 24.6 Å². The lowest BCUT2D eigenvalue weighted by Crippen LogP contribution is -2.38. The zero-order chi connectivity index (χ0) is 14.2. The van der Waals surface area contributed by atoms with Crippen molar-refractivity contribution in [2.24, 2.45) is 4.40 Å². The molecule has 0 fully saturated rings. The quantitative estimate of drug-likeness (QED) is 0.796. The van der Waals surface area contributed by atoms with Gasteiger partial charge in [-0.3, -0.25) is 0 Å². The van der Waals surface area contributed by atoms with Gasteiger partial charge in [-0.05, 0) is 20.8 Å². The first kappa shape index (κ1) is 13.6. The van der Waals surface area contributed by atoms with Crippen LogP contribution in [0.1, 0.15) is 19.6 Å². The molecule has 0 amide bonds. The molecule has 0 aromatic carbocycles. The van der Waals surface area contributed by atoms with Crippen molar-refractivity contribution in [3.8, 4) is 5.75 Å². The third-order valence-electron chi connectivity index (χ3n) is 2.69. The van der Waals surface area contributed by atoms with Crippen LogP contribution in [-0.2, 0) is 10.0 Å². The molecule has 0 N–H and O–H groups in total. The molecule has 0 saturated carbocycles. The van der Waals surface area contributed by atoms with Crippen LogP contribution in [0.3, 0.4) is 0 Å². The molecular weight excluding hydrogens is 272 g/mol. The summed E-state index contributed by atoms with van der Waals surface area (Å²) in [5.74, 6) is 0.241. The molecule has 1 aliphatic heterocycles. The van der Waals surface area contributed by atoms with E-state index in [1.807, 2.05) is 13.8 Å². The van der Waals surface area contributed by atoms with Crippen molar-refractivity contribution >= 4 is 16.0 Å². The van der Waals surface area contributed by atoms with E-state index in [0.717, 1.165) is 0 Å². The molecule has 0 radical (unpaired) electrons. The van der Waals surface area contributed by atoms with Gasteiger partial charge in [0.05, 0.1) is 0 Å². The topological polar surface area (TPSA) is 89.2 Å². The summed E-state index contributed by atoms with van der Waals surface area (Å²) in [6.45, 7) is 6.33. The van der Waals surface area contributed by atoms with Gasteiger partial charge in [-0.15, -0.1) is 4.40 Å². The number of hydrogen-bond donors (Lipinski definition) is 0. The molecule has 0 aliphatic carbocycles. The highest BCUT2D eigenvalue weighted by molar-refractivity contribution is 7.90. The average molecular weight is 286 g/mol. The Kier molecular flexibility index (Phi) is 3.36. The molecule has 0 spiro atoms. The molecule has 1 aromatic rings. The molecule has 8 heteroatoms. The van der Waals surface area contributed by atoms with Crippen LogP contribution >= 0.6 is 0 Å². The van der Waals surface area contributed by atoms with Crippen molar-refractivity contribution in [3.05, 3.63) is 22.2 Å². The number of rotatable bonds is 2. The molecule has 0 unspecified atom stereocenters. The minimum Gasteiger partial charge on any atom is -0.427 e. The van der Waals surface area contributed by atoms with E-state index in [0.29, 0.717) is 13.1 Å². The van der Waals surface area contributed by atoms with Crippen molar-refractivity contribution in [1.29, 1.82) is 0 Å². The number of ether oxygens (including phenoxy) is 1. The summed E-state index contributed by atoms with van der Waals surface area (Å²) in [6.07, 6.45) is 0. The summed E-state index contributed by atoms with van der Waals surface area (Å²) in [5.41, 5.74) is -0.961. The Morgan fingerprint density at radius 2 is 1.95 bits per heavy atom. The zero-order valence-corrected chi connectivity index (χ0v) is 11.7. The third-order valence-corrected chi connectivity index (χ3v) is 3.97. The van der Waals surface area contributed by atoms with Gasteiger partial charge in [-0.1, -0.05) is 0 Å². The predicted octanol–water partition coefficient (Wildman–Crippen LogP) is 0.727. The van der Waals surface area contributed by atoms with Crippen LogP contribution in [0.5, 0.6) is 5.75 Å². The standard InChI is InChI=1S/C11H14N2O5S/c1-4-13(5-2)11-12-19(15,16)9-8(18-11)6-7(3)17-10(9)14/h6H,4-5H2,1-3H3. The minimum absolute atomic E-state index is 0.0255. The maximum Gasteiger partial charge on any atom is 0.360 e. The van der Waals surface area contributed by atoms with E-state index in [-0.39, 0.29) is 17.5 Å². The lowest BCUT2D eigenvalue weighted by atomic mass is 10.4. The molecule has 1 aliphatic rings. The second kappa shape index (κ2) is 4.69. The van der Waals surface area contributed by atoms with E-state index in [2.05, 4.69) is 4.40 Å². The number of amidine groups is 1. The Balaban J connectivity index is 2.62. The monoisotopic (exact) mass is 286 g/mol. The van der Waals surface area contributed by atoms with Crippen LogP contribution in [0.4, 0.5) is 0 Å². The number of fused-ring (bicyclic) bond motifs is 1. The maximum absolute atomic E-state index is 12.0. The molecule has 0 atom stereocenters. The summed E-state index contributed by atoms with van der Waals surface area (Å²) in [6, 6.07) is 1.34. The molecule has 7 nitrogen and oxygen atoms in total. The van der Waals surface area contributed by atoms with Crippen LogP contribution in [0.25, 0.3) is 0 Å². The zero-order valence-electron chi connectivity index (χ0n) is 10.8. The molecule has 2 rings (SSSR count). The van der Waals surface area contributed by atoms with E-state index in [1.54, 1.807) is 11.8 Å². The fourth-order valence-electron chi connectivity index (χ4n) is 1.76. The van der Waals surface area contributed by atoms with Crippen LogP contribution < -0.4 is 10.4 Å². The SMILES string of the molecule is CCN(CC)C1=NS(=O)(=O)c2c(cc(C)oc2=O)O1. The van der Waals surface area contributed by atoms with Gasteiger partial charge in [0, 0.05) is 19.2 Å². The number of hydrogen-bond acceptors (Lipinski definition) is 6. The molecule has 104 valence electrons. The number of aryl methyl sites for hydroxylation is 1. The van der Waals surface area contributed by atoms with Crippen molar-refractivity contribution in [3.63, 3.8) is 0 Å². The minimum atomic E-state index is -4.09. The first-order valence-electron chi connectivity index (χ1n) is 5.81. The van der Waals surface area contributed by atoms with Crippen LogP contribution in [0.2, 0.25) is 0 Å². The van der Waals surface area contributed by atoms with E-state index < -0.39 is 20.5 Å². The highest BCUT2D eigenvalue weighted by Gasteiger charge is 2.33. The molecule has 0 bridgehead atoms. The summed E-state index contributed by atoms with van der Waals surface area (Å²) >= 11 is 0. The van der Waals surface area contributed by atoms with Gasteiger partial charge >= 0.3 is 11.6 Å². The fraction of sp³-hybridized carbons (Fsp3) is 0.455. The lowest BCUT2D eigenvalue weighted by molar-refractivity contribution is 0.348. The van der Waals surface area contributed by atoms with E-state index >= 15 is 0 Å². The molecular formula is C11H14N2O5S. The molecule has 2 heterocycles. The van der Waals surface area contributed by atoms with Crippen LogP contribution in [0, 0.1) is 6.92 Å². The van der Waals surface area contributed by atoms with Gasteiger partial charge in [-0.25, -0.2) is 4.79 Å². The van der Waals surface area contributed by atoms with Crippen molar-refractivity contribution in [2.45, 2.75) is 25.7 Å². The van der Waals surface area contributed by atoms with Crippen molar-refractivity contribution < 1.29 is 17.6 Å². The lowest BCUT2D eigenvalue weighted by Gasteiger charge is -2.24. The van der Waals surface area contributed by atoms with Gasteiger partial charge in [0.25, 0.3) is 10.0 Å². The molecule has 19 heavy (non-hydrogen) atoms. The van der Waals surface area contributed by atoms with Crippen molar-refractivity contribution in [1.82, 2.24) is 4.90 Å². The average Bonchev–Trinajstić information content (AvgIpc) is 2.27. The Morgan fingerprint density at radius 1 is 1.32 bits per heavy atom. The molecule has 0 saturated heterocycles. The van der Waals surface area contributed by atoms with Gasteiger partial charge in [0.1, 0.15) is 5.76 Å². The van der Waals surface area contributed by atoms with Gasteiger partial charge in [-0.2, -0.15) is 8.42 Å². The summed E-state index contributed by atoms with van der Waals surface area (Å²) in [5, 5.41) is 0. The first-order chi connectivity index (χ1) is 8.89. The second-order valence-electron chi connectivity index (χ2n) is 3.96. The van der Waals surface area contributed by atoms with Crippen LogP contribution in [-0.4, -0.2) is 32.4 Å². The Labute approximate surface area is 110 Å². The normalized spacial score (nSPS) is 16.3. The second-order valence-corrected chi connectivity index (χ2v) is 5.50. The number of sulfonamides is 1. The van der Waals surface area contributed by atoms with Crippen molar-refractivity contribution in [2.75, 3.05) is 13.1 Å². The van der Waals surface area contributed by atoms with E-state index in [9.17, 15) is 13.2 Å². The third kappa shape index (κ3) is 2.35. The highest BCUT2D eigenvalue weighted by atomic mass is 32.2. The largest absolute Gasteiger partial charge is 0.427 e. The molecule has 1 aromatic heterocycles. The van der Waals surface area contributed by atoms with Gasteiger partial charge < -0.3 is 14.1 Å². The summed E-state index contributed by atoms with van der Waals surface area (Å²) < 4.78 is 37.7. The van der Waals surface area contributed by atoms with Gasteiger partial charge in [0.15, 0.2) is 5.75 Å². The van der Waals surface area contributed by atoms with E-state index in [4.69, 9.17) is 9.15 Å². The first-order valence-corrected chi connectivity index (χ1v) is 7.25. The van der Waals surface area contributed by atoms with E-state index in [1.165, 1.54) is 6.07 Å². The highest BCUT2D eigenvalue weighted by Crippen LogP contribution is 2.27. The Bertz CT molecular complexity index is 686. The van der Waals surface area contributed by atoms with Gasteiger partial charge in [0.2, 0.25) is 4.90 Å². The smallest absolute Gasteiger partial charge is 0.360 e. The summed E-state index contributed by atoms with van der Waals surface area (Å²) in [7, 11) is -4.09. The Hall–Kier alpha value is -1.83. The fourth-order valence-corrected chi connectivity index (χ4v) is 2.82. The number of nitrogens with zero attached hydrogens (tertiary/aromatic N) is 2. The maximum atomic E-state index is 12.0. The summed E-state index contributed by atoms with van der Waals surface area (Å²) in [4.78, 5) is 12.7. The Morgan fingerprint density at radius 3 is 2.53 bits per heavy atom. The predicted molar refractivity (Wildman–Crippen MR) is 67.9 cm³/mol.